The molecule has 0 saturated carbocycles. The van der Waals surface area contributed by atoms with Crippen LogP contribution in [0.5, 0.6) is 0 Å². The molecule has 0 radical (unpaired) electrons. The second kappa shape index (κ2) is 8.80. The van der Waals surface area contributed by atoms with Crippen molar-refractivity contribution in [2.45, 2.75) is 4.90 Å². The van der Waals surface area contributed by atoms with Crippen LogP contribution in [0.4, 0.5) is 11.4 Å². The molecule has 0 N–H and O–H groups in total. The van der Waals surface area contributed by atoms with Crippen molar-refractivity contribution in [1.82, 2.24) is 4.31 Å². The molecular weight excluding hydrogens is 466 g/mol. The first-order valence-corrected chi connectivity index (χ1v) is 10.5. The Morgan fingerprint density at radius 3 is 2.17 bits per heavy atom. The third kappa shape index (κ3) is 4.47. The van der Waals surface area contributed by atoms with Gasteiger partial charge in [0.25, 0.3) is 5.69 Å². The molecule has 0 bridgehead atoms. The molecule has 0 aliphatic carbocycles. The summed E-state index contributed by atoms with van der Waals surface area (Å²) in [6, 6.07) is 2.28. The molecule has 24 heavy (non-hydrogen) atoms. The van der Waals surface area contributed by atoms with Gasteiger partial charge in [-0.3, -0.25) is 10.1 Å². The van der Waals surface area contributed by atoms with Crippen molar-refractivity contribution in [3.63, 3.8) is 0 Å². The molecule has 132 valence electrons. The van der Waals surface area contributed by atoms with Crippen molar-refractivity contribution < 1.29 is 13.3 Å². The summed E-state index contributed by atoms with van der Waals surface area (Å²) in [6.07, 6.45) is 5.51. The van der Waals surface area contributed by atoms with E-state index in [0.717, 1.165) is 10.4 Å². The first kappa shape index (κ1) is 20.9. The Hall–Kier alpha value is -1.15. The van der Waals surface area contributed by atoms with E-state index in [-0.39, 0.29) is 16.1 Å². The summed E-state index contributed by atoms with van der Waals surface area (Å²) >= 11 is 6.66. The van der Waals surface area contributed by atoms with Gasteiger partial charge in [-0.1, -0.05) is 37.8 Å². The fraction of sp³-hybridized carbons (Fsp3) is 0.429. The SMILES string of the molecule is C#Cc1cc([N+](=O)[O-])cc(S(=O)(=O)N(C)C)c1N(CCBr)CCBr. The van der Waals surface area contributed by atoms with E-state index in [1.807, 2.05) is 0 Å². The third-order valence-corrected chi connectivity index (χ3v) is 5.75. The number of non-ortho nitro benzene ring substituents is 1. The van der Waals surface area contributed by atoms with E-state index in [2.05, 4.69) is 37.8 Å². The highest BCUT2D eigenvalue weighted by molar-refractivity contribution is 9.09. The smallest absolute Gasteiger partial charge is 0.272 e. The number of sulfonamides is 1. The van der Waals surface area contributed by atoms with Crippen molar-refractivity contribution in [2.75, 3.05) is 42.7 Å². The number of hydrogen-bond acceptors (Lipinski definition) is 5. The number of nitro groups is 1. The van der Waals surface area contributed by atoms with Crippen molar-refractivity contribution >= 4 is 53.3 Å². The van der Waals surface area contributed by atoms with Gasteiger partial charge in [0.2, 0.25) is 10.0 Å². The normalized spacial score (nSPS) is 11.3. The first-order chi connectivity index (χ1) is 11.2. The maximum Gasteiger partial charge on any atom is 0.272 e. The molecule has 10 heteroatoms. The zero-order valence-corrected chi connectivity index (χ0v) is 17.2. The third-order valence-electron chi connectivity index (χ3n) is 3.21. The minimum Gasteiger partial charge on any atom is -0.368 e. The summed E-state index contributed by atoms with van der Waals surface area (Å²) in [5.74, 6) is 2.38. The largest absolute Gasteiger partial charge is 0.368 e. The second-order valence-corrected chi connectivity index (χ2v) is 8.60. The van der Waals surface area contributed by atoms with E-state index in [9.17, 15) is 18.5 Å². The van der Waals surface area contributed by atoms with E-state index in [4.69, 9.17) is 6.42 Å². The van der Waals surface area contributed by atoms with Crippen molar-refractivity contribution in [3.8, 4) is 12.3 Å². The lowest BCUT2D eigenvalue weighted by Crippen LogP contribution is -2.32. The average Bonchev–Trinajstić information content (AvgIpc) is 2.53. The molecule has 0 amide bonds. The Bertz CT molecular complexity index is 754. The Morgan fingerprint density at radius 2 is 1.79 bits per heavy atom. The maximum absolute atomic E-state index is 12.7. The maximum atomic E-state index is 12.7. The number of nitrogens with zero attached hydrogens (tertiary/aromatic N) is 3. The van der Waals surface area contributed by atoms with Crippen LogP contribution in [0.1, 0.15) is 5.56 Å². The van der Waals surface area contributed by atoms with Gasteiger partial charge in [-0.2, -0.15) is 0 Å². The number of alkyl halides is 2. The van der Waals surface area contributed by atoms with Crippen LogP contribution >= 0.6 is 31.9 Å². The van der Waals surface area contributed by atoms with Gasteiger partial charge < -0.3 is 4.90 Å². The monoisotopic (exact) mass is 481 g/mol. The zero-order valence-electron chi connectivity index (χ0n) is 13.2. The van der Waals surface area contributed by atoms with Crippen LogP contribution in [0, 0.1) is 22.5 Å². The molecule has 0 saturated heterocycles. The minimum atomic E-state index is -3.92. The van der Waals surface area contributed by atoms with Crippen molar-refractivity contribution in [3.05, 3.63) is 27.8 Å². The van der Waals surface area contributed by atoms with E-state index in [1.54, 1.807) is 4.90 Å². The predicted molar refractivity (Wildman–Crippen MR) is 102 cm³/mol. The Morgan fingerprint density at radius 1 is 1.25 bits per heavy atom. The summed E-state index contributed by atoms with van der Waals surface area (Å²) in [6.45, 7) is 0.988. The van der Waals surface area contributed by atoms with Gasteiger partial charge in [0, 0.05) is 50.0 Å². The molecule has 0 aliphatic rings. The molecule has 0 aromatic heterocycles. The molecule has 0 fully saturated rings. The molecule has 1 rings (SSSR count). The van der Waals surface area contributed by atoms with E-state index < -0.39 is 14.9 Å². The minimum absolute atomic E-state index is 0.170. The fourth-order valence-electron chi connectivity index (χ4n) is 2.07. The van der Waals surface area contributed by atoms with Gasteiger partial charge in [-0.15, -0.1) is 6.42 Å². The van der Waals surface area contributed by atoms with E-state index >= 15 is 0 Å². The standard InChI is InChI=1S/C14H17Br2N3O4S/c1-4-11-9-12(19(20)21)10-13(24(22,23)17(2)3)14(11)18(7-5-15)8-6-16/h1,9-10H,5-8H2,2-3H3. The molecule has 0 atom stereocenters. The highest BCUT2D eigenvalue weighted by atomic mass is 79.9. The van der Waals surface area contributed by atoms with E-state index in [0.29, 0.717) is 29.4 Å². The summed E-state index contributed by atoms with van der Waals surface area (Å²) in [5.41, 5.74) is 0.118. The van der Waals surface area contributed by atoms with Gasteiger partial charge in [0.1, 0.15) is 4.90 Å². The summed E-state index contributed by atoms with van der Waals surface area (Å²) in [4.78, 5) is 12.1. The molecule has 0 spiro atoms. The molecule has 1 aromatic rings. The van der Waals surface area contributed by atoms with Crippen LogP contribution in [0.3, 0.4) is 0 Å². The van der Waals surface area contributed by atoms with Crippen LogP contribution < -0.4 is 4.90 Å². The zero-order chi connectivity index (χ0) is 18.5. The number of terminal acetylenes is 1. The van der Waals surface area contributed by atoms with Crippen molar-refractivity contribution in [2.24, 2.45) is 0 Å². The first-order valence-electron chi connectivity index (χ1n) is 6.79. The molecule has 7 nitrogen and oxygen atoms in total. The summed E-state index contributed by atoms with van der Waals surface area (Å²) in [7, 11) is -1.18. The number of hydrogen-bond donors (Lipinski definition) is 0. The van der Waals surface area contributed by atoms with Crippen LogP contribution in [0.2, 0.25) is 0 Å². The molecule has 0 heterocycles. The topological polar surface area (TPSA) is 83.8 Å². The molecule has 1 aromatic carbocycles. The van der Waals surface area contributed by atoms with Crippen LogP contribution in [-0.2, 0) is 10.0 Å². The quantitative estimate of drug-likeness (QED) is 0.246. The summed E-state index contributed by atoms with van der Waals surface area (Å²) < 4.78 is 26.4. The lowest BCUT2D eigenvalue weighted by molar-refractivity contribution is -0.385. The van der Waals surface area contributed by atoms with Gasteiger partial charge in [-0.05, 0) is 0 Å². The lowest BCUT2D eigenvalue weighted by Gasteiger charge is -2.27. The van der Waals surface area contributed by atoms with Crippen LogP contribution in [0.25, 0.3) is 0 Å². The lowest BCUT2D eigenvalue weighted by atomic mass is 10.1. The average molecular weight is 483 g/mol. The molecule has 0 unspecified atom stereocenters. The highest BCUT2D eigenvalue weighted by Gasteiger charge is 2.29. The Labute approximate surface area is 158 Å². The van der Waals surface area contributed by atoms with Gasteiger partial charge in [-0.25, -0.2) is 12.7 Å². The Kier molecular flexibility index (Phi) is 7.66. The number of nitro benzene ring substituents is 1. The van der Waals surface area contributed by atoms with Gasteiger partial charge >= 0.3 is 0 Å². The molecular formula is C14H17Br2N3O4S. The van der Waals surface area contributed by atoms with Gasteiger partial charge in [0.15, 0.2) is 0 Å². The van der Waals surface area contributed by atoms with Crippen LogP contribution in [0.15, 0.2) is 17.0 Å². The Balaban J connectivity index is 3.83. The second-order valence-electron chi connectivity index (χ2n) is 4.89. The summed E-state index contributed by atoms with van der Waals surface area (Å²) in [5, 5.41) is 12.3. The van der Waals surface area contributed by atoms with Gasteiger partial charge in [0.05, 0.1) is 16.2 Å². The van der Waals surface area contributed by atoms with Crippen molar-refractivity contribution in [1.29, 1.82) is 0 Å². The van der Waals surface area contributed by atoms with E-state index in [1.165, 1.54) is 20.2 Å². The number of benzene rings is 1. The number of halogens is 2. The fourth-order valence-corrected chi connectivity index (χ4v) is 4.07. The highest BCUT2D eigenvalue weighted by Crippen LogP contribution is 2.34. The predicted octanol–water partition coefficient (Wildman–Crippen LogP) is 2.42. The number of anilines is 1. The molecule has 0 aliphatic heterocycles. The van der Waals surface area contributed by atoms with Crippen LogP contribution in [-0.4, -0.2) is 55.5 Å². The number of rotatable bonds is 8.